The van der Waals surface area contributed by atoms with Gasteiger partial charge in [0.2, 0.25) is 0 Å². The standard InChI is InChI=1S/C20H14F6O2/c1-12(18(27)28)2-11-17(13-3-7-15(8-4-13)19(21,22)23)14-5-9-16(10-6-14)20(24,25)26/h2-11H,1H3,(H,27,28). The first-order valence-electron chi connectivity index (χ1n) is 7.87. The highest BCUT2D eigenvalue weighted by Crippen LogP contribution is 2.33. The number of carboxylic acid groups (broad SMARTS) is 1. The van der Waals surface area contributed by atoms with E-state index in [1.807, 2.05) is 0 Å². The molecule has 2 rings (SSSR count). The lowest BCUT2D eigenvalue weighted by Gasteiger charge is -2.12. The number of allylic oxidation sites excluding steroid dienone is 2. The van der Waals surface area contributed by atoms with Crippen molar-refractivity contribution in [1.29, 1.82) is 0 Å². The molecule has 0 aliphatic carbocycles. The highest BCUT2D eigenvalue weighted by molar-refractivity contribution is 5.88. The van der Waals surface area contributed by atoms with Gasteiger partial charge in [-0.05, 0) is 47.9 Å². The Kier molecular flexibility index (Phi) is 6.01. The van der Waals surface area contributed by atoms with Gasteiger partial charge in [-0.1, -0.05) is 36.4 Å². The molecule has 0 aliphatic heterocycles. The lowest BCUT2D eigenvalue weighted by Crippen LogP contribution is -2.05. The van der Waals surface area contributed by atoms with E-state index in [2.05, 4.69) is 0 Å². The summed E-state index contributed by atoms with van der Waals surface area (Å²) in [5, 5.41) is 8.94. The van der Waals surface area contributed by atoms with Crippen LogP contribution in [0.3, 0.4) is 0 Å². The second kappa shape index (κ2) is 7.92. The van der Waals surface area contributed by atoms with Crippen LogP contribution in [0.25, 0.3) is 5.57 Å². The third-order valence-corrected chi connectivity index (χ3v) is 3.88. The number of hydrogen-bond acceptors (Lipinski definition) is 1. The van der Waals surface area contributed by atoms with Crippen LogP contribution in [-0.2, 0) is 17.1 Å². The molecule has 0 heterocycles. The van der Waals surface area contributed by atoms with Crippen molar-refractivity contribution in [2.24, 2.45) is 0 Å². The number of hydrogen-bond donors (Lipinski definition) is 1. The van der Waals surface area contributed by atoms with Gasteiger partial charge in [-0.15, -0.1) is 0 Å². The largest absolute Gasteiger partial charge is 0.478 e. The molecule has 0 saturated carbocycles. The monoisotopic (exact) mass is 400 g/mol. The molecule has 8 heteroatoms. The van der Waals surface area contributed by atoms with Gasteiger partial charge in [0, 0.05) is 5.57 Å². The summed E-state index contributed by atoms with van der Waals surface area (Å²) in [5.41, 5.74) is -0.927. The molecular weight excluding hydrogens is 386 g/mol. The maximum Gasteiger partial charge on any atom is 0.416 e. The number of rotatable bonds is 4. The molecule has 0 fully saturated rings. The molecule has 0 amide bonds. The Morgan fingerprint density at radius 2 is 1.11 bits per heavy atom. The summed E-state index contributed by atoms with van der Waals surface area (Å²) in [6.45, 7) is 1.32. The molecule has 1 N–H and O–H groups in total. The van der Waals surface area contributed by atoms with Crippen LogP contribution in [0.2, 0.25) is 0 Å². The normalized spacial score (nSPS) is 12.6. The van der Waals surface area contributed by atoms with E-state index < -0.39 is 29.4 Å². The van der Waals surface area contributed by atoms with Gasteiger partial charge < -0.3 is 5.11 Å². The SMILES string of the molecule is CC(=CC=C(c1ccc(C(F)(F)F)cc1)c1ccc(C(F)(F)F)cc1)C(=O)O. The quantitative estimate of drug-likeness (QED) is 0.378. The van der Waals surface area contributed by atoms with Crippen LogP contribution < -0.4 is 0 Å². The van der Waals surface area contributed by atoms with Crippen molar-refractivity contribution in [3.63, 3.8) is 0 Å². The Morgan fingerprint density at radius 3 is 1.39 bits per heavy atom. The smallest absolute Gasteiger partial charge is 0.416 e. The van der Waals surface area contributed by atoms with Crippen molar-refractivity contribution in [2.75, 3.05) is 0 Å². The topological polar surface area (TPSA) is 37.3 Å². The van der Waals surface area contributed by atoms with E-state index in [0.717, 1.165) is 24.3 Å². The molecule has 0 radical (unpaired) electrons. The maximum atomic E-state index is 12.7. The van der Waals surface area contributed by atoms with Gasteiger partial charge in [0.05, 0.1) is 11.1 Å². The third-order valence-electron chi connectivity index (χ3n) is 3.88. The average molecular weight is 400 g/mol. The highest BCUT2D eigenvalue weighted by Gasteiger charge is 2.31. The van der Waals surface area contributed by atoms with Gasteiger partial charge in [0.15, 0.2) is 0 Å². The summed E-state index contributed by atoms with van der Waals surface area (Å²) < 4.78 is 76.5. The Balaban J connectivity index is 2.53. The molecule has 0 spiro atoms. The van der Waals surface area contributed by atoms with E-state index in [-0.39, 0.29) is 11.1 Å². The van der Waals surface area contributed by atoms with Crippen molar-refractivity contribution >= 4 is 11.5 Å². The molecule has 2 nitrogen and oxygen atoms in total. The molecule has 0 aromatic heterocycles. The fourth-order valence-corrected chi connectivity index (χ4v) is 2.32. The van der Waals surface area contributed by atoms with Crippen molar-refractivity contribution in [1.82, 2.24) is 0 Å². The highest BCUT2D eigenvalue weighted by atomic mass is 19.4. The second-order valence-corrected chi connectivity index (χ2v) is 5.89. The fraction of sp³-hybridized carbons (Fsp3) is 0.150. The summed E-state index contributed by atoms with van der Waals surface area (Å²) in [7, 11) is 0. The minimum absolute atomic E-state index is 0.0451. The van der Waals surface area contributed by atoms with E-state index >= 15 is 0 Å². The molecule has 0 atom stereocenters. The van der Waals surface area contributed by atoms with Crippen LogP contribution >= 0.6 is 0 Å². The summed E-state index contributed by atoms with van der Waals surface area (Å²) in [6.07, 6.45) is -6.49. The lowest BCUT2D eigenvalue weighted by molar-refractivity contribution is -0.138. The predicted octanol–water partition coefficient (Wildman–Crippen LogP) is 6.19. The van der Waals surface area contributed by atoms with E-state index in [0.29, 0.717) is 11.1 Å². The number of halogens is 6. The van der Waals surface area contributed by atoms with E-state index in [1.165, 1.54) is 43.3 Å². The predicted molar refractivity (Wildman–Crippen MR) is 91.4 cm³/mol. The summed E-state index contributed by atoms with van der Waals surface area (Å²) in [5.74, 6) is -1.20. The van der Waals surface area contributed by atoms with Crippen LogP contribution in [-0.4, -0.2) is 11.1 Å². The molecule has 0 saturated heterocycles. The van der Waals surface area contributed by atoms with E-state index in [4.69, 9.17) is 5.11 Å². The number of carboxylic acids is 1. The van der Waals surface area contributed by atoms with E-state index in [1.54, 1.807) is 0 Å². The van der Waals surface area contributed by atoms with Crippen LogP contribution in [0.5, 0.6) is 0 Å². The maximum absolute atomic E-state index is 12.7. The van der Waals surface area contributed by atoms with Crippen molar-refractivity contribution in [3.8, 4) is 0 Å². The van der Waals surface area contributed by atoms with Gasteiger partial charge in [0.25, 0.3) is 0 Å². The van der Waals surface area contributed by atoms with Crippen molar-refractivity contribution in [3.05, 3.63) is 88.5 Å². The number of alkyl halides is 6. The van der Waals surface area contributed by atoms with Crippen molar-refractivity contribution in [2.45, 2.75) is 19.3 Å². The molecule has 0 unspecified atom stereocenters. The van der Waals surface area contributed by atoms with Crippen molar-refractivity contribution < 1.29 is 36.2 Å². The first-order chi connectivity index (χ1) is 12.9. The third kappa shape index (κ3) is 5.25. The van der Waals surface area contributed by atoms with E-state index in [9.17, 15) is 31.1 Å². The average Bonchev–Trinajstić information content (AvgIpc) is 2.61. The molecule has 28 heavy (non-hydrogen) atoms. The summed E-state index contributed by atoms with van der Waals surface area (Å²) >= 11 is 0. The number of benzene rings is 2. The molecule has 2 aromatic rings. The van der Waals surface area contributed by atoms with Crippen LogP contribution in [0.4, 0.5) is 26.3 Å². The van der Waals surface area contributed by atoms with Gasteiger partial charge >= 0.3 is 18.3 Å². The second-order valence-electron chi connectivity index (χ2n) is 5.89. The van der Waals surface area contributed by atoms with Crippen LogP contribution in [0.1, 0.15) is 29.2 Å². The van der Waals surface area contributed by atoms with Gasteiger partial charge in [-0.25, -0.2) is 4.79 Å². The first kappa shape index (κ1) is 21.3. The molecule has 0 aliphatic rings. The molecule has 0 bridgehead atoms. The van der Waals surface area contributed by atoms with Crippen LogP contribution in [0.15, 0.2) is 66.3 Å². The Hall–Kier alpha value is -3.03. The molecule has 148 valence electrons. The number of aliphatic carboxylic acids is 1. The zero-order valence-corrected chi connectivity index (χ0v) is 14.4. The summed E-state index contributed by atoms with van der Waals surface area (Å²) in [6, 6.07) is 8.10. The Labute approximate surface area is 156 Å². The number of carbonyl (C=O) groups is 1. The lowest BCUT2D eigenvalue weighted by atomic mass is 9.95. The minimum Gasteiger partial charge on any atom is -0.478 e. The zero-order chi connectivity index (χ0) is 21.1. The Bertz CT molecular complexity index is 842. The Morgan fingerprint density at radius 1 is 0.750 bits per heavy atom. The molecule has 2 aromatic carbocycles. The summed E-state index contributed by atoms with van der Waals surface area (Å²) in [4.78, 5) is 10.9. The van der Waals surface area contributed by atoms with Gasteiger partial charge in [0.1, 0.15) is 0 Å². The minimum atomic E-state index is -4.53. The van der Waals surface area contributed by atoms with Gasteiger partial charge in [-0.2, -0.15) is 26.3 Å². The van der Waals surface area contributed by atoms with Crippen LogP contribution in [0, 0.1) is 0 Å². The first-order valence-corrected chi connectivity index (χ1v) is 7.87. The fourth-order valence-electron chi connectivity index (χ4n) is 2.32. The zero-order valence-electron chi connectivity index (χ0n) is 14.4. The molecular formula is C20H14F6O2. The van der Waals surface area contributed by atoms with Gasteiger partial charge in [-0.3, -0.25) is 0 Å².